The Kier molecular flexibility index (Phi) is 3.38. The van der Waals surface area contributed by atoms with Gasteiger partial charge in [-0.15, -0.1) is 0 Å². The molecule has 2 aromatic rings. The molecule has 0 aliphatic rings. The number of imidazole rings is 1. The zero-order valence-corrected chi connectivity index (χ0v) is 10.2. The van der Waals surface area contributed by atoms with Gasteiger partial charge in [-0.2, -0.15) is 0 Å². The Bertz CT molecular complexity index is 529. The maximum Gasteiger partial charge on any atom is 0.150 e. The molecule has 0 radical (unpaired) electrons. The van der Waals surface area contributed by atoms with E-state index in [0.29, 0.717) is 5.56 Å². The number of carbonyl (C=O) groups excluding carboxylic acids is 1. The summed E-state index contributed by atoms with van der Waals surface area (Å²) in [6.07, 6.45) is 5.76. The highest BCUT2D eigenvalue weighted by Gasteiger charge is 2.08. The molecule has 0 aliphatic heterocycles. The lowest BCUT2D eigenvalue weighted by molar-refractivity contribution is 0.112. The van der Waals surface area contributed by atoms with E-state index in [1.165, 1.54) is 0 Å². The van der Waals surface area contributed by atoms with Crippen LogP contribution in [0.1, 0.15) is 29.3 Å². The van der Waals surface area contributed by atoms with Gasteiger partial charge in [0.25, 0.3) is 0 Å². The quantitative estimate of drug-likeness (QED) is 0.754. The SMILES string of the molecule is CCCn1ccnc1-c1ccc(C=O)cc1C. The minimum absolute atomic E-state index is 0.708. The van der Waals surface area contributed by atoms with E-state index in [1.807, 2.05) is 37.5 Å². The predicted molar refractivity (Wildman–Crippen MR) is 68.1 cm³/mol. The van der Waals surface area contributed by atoms with Crippen molar-refractivity contribution < 1.29 is 4.79 Å². The molecule has 1 aromatic carbocycles. The third kappa shape index (κ3) is 2.28. The fourth-order valence-electron chi connectivity index (χ4n) is 1.99. The third-order valence-electron chi connectivity index (χ3n) is 2.81. The molecule has 0 aliphatic carbocycles. The Hall–Kier alpha value is -1.90. The summed E-state index contributed by atoms with van der Waals surface area (Å²) in [5, 5.41) is 0. The maximum atomic E-state index is 10.7. The Balaban J connectivity index is 2.45. The molecule has 17 heavy (non-hydrogen) atoms. The second-order valence-corrected chi connectivity index (χ2v) is 4.14. The molecule has 0 amide bonds. The van der Waals surface area contributed by atoms with Gasteiger partial charge in [0.1, 0.15) is 12.1 Å². The van der Waals surface area contributed by atoms with Crippen LogP contribution in [-0.2, 0) is 6.54 Å². The van der Waals surface area contributed by atoms with Crippen molar-refractivity contribution in [1.29, 1.82) is 0 Å². The lowest BCUT2D eigenvalue weighted by atomic mass is 10.1. The van der Waals surface area contributed by atoms with E-state index in [0.717, 1.165) is 36.2 Å². The largest absolute Gasteiger partial charge is 0.331 e. The van der Waals surface area contributed by atoms with Crippen molar-refractivity contribution in [3.8, 4) is 11.4 Å². The van der Waals surface area contributed by atoms with Crippen molar-refractivity contribution in [2.75, 3.05) is 0 Å². The third-order valence-corrected chi connectivity index (χ3v) is 2.81. The maximum absolute atomic E-state index is 10.7. The highest BCUT2D eigenvalue weighted by atomic mass is 16.1. The van der Waals surface area contributed by atoms with E-state index in [1.54, 1.807) is 0 Å². The Labute approximate surface area is 101 Å². The summed E-state index contributed by atoms with van der Waals surface area (Å²) < 4.78 is 2.14. The van der Waals surface area contributed by atoms with E-state index < -0.39 is 0 Å². The minimum Gasteiger partial charge on any atom is -0.331 e. The molecule has 0 saturated carbocycles. The lowest BCUT2D eigenvalue weighted by Crippen LogP contribution is -1.99. The highest BCUT2D eigenvalue weighted by molar-refractivity contribution is 5.77. The standard InChI is InChI=1S/C14H16N2O/c1-3-7-16-8-6-15-14(16)13-5-4-12(10-17)9-11(13)2/h4-6,8-10H,3,7H2,1-2H3. The van der Waals surface area contributed by atoms with E-state index in [-0.39, 0.29) is 0 Å². The molecule has 1 heterocycles. The van der Waals surface area contributed by atoms with Gasteiger partial charge in [0.05, 0.1) is 0 Å². The van der Waals surface area contributed by atoms with Crippen molar-refractivity contribution >= 4 is 6.29 Å². The average Bonchev–Trinajstić information content (AvgIpc) is 2.77. The molecule has 0 spiro atoms. The summed E-state index contributed by atoms with van der Waals surface area (Å²) in [5.41, 5.74) is 2.88. The number of hydrogen-bond donors (Lipinski definition) is 0. The van der Waals surface area contributed by atoms with E-state index in [2.05, 4.69) is 16.5 Å². The van der Waals surface area contributed by atoms with Crippen LogP contribution < -0.4 is 0 Å². The van der Waals surface area contributed by atoms with Crippen LogP contribution in [0.5, 0.6) is 0 Å². The zero-order chi connectivity index (χ0) is 12.3. The van der Waals surface area contributed by atoms with Crippen LogP contribution in [0.25, 0.3) is 11.4 Å². The molecule has 2 rings (SSSR count). The second kappa shape index (κ2) is 4.95. The Morgan fingerprint density at radius 3 is 2.88 bits per heavy atom. The molecular formula is C14H16N2O. The Morgan fingerprint density at radius 2 is 2.24 bits per heavy atom. The van der Waals surface area contributed by atoms with Crippen LogP contribution in [0.3, 0.4) is 0 Å². The first kappa shape index (κ1) is 11.6. The fourth-order valence-corrected chi connectivity index (χ4v) is 1.99. The molecule has 3 nitrogen and oxygen atoms in total. The van der Waals surface area contributed by atoms with Gasteiger partial charge in [0, 0.05) is 30.1 Å². The molecule has 1 aromatic heterocycles. The van der Waals surface area contributed by atoms with E-state index in [4.69, 9.17) is 0 Å². The summed E-state index contributed by atoms with van der Waals surface area (Å²) in [6, 6.07) is 5.70. The van der Waals surface area contributed by atoms with Gasteiger partial charge < -0.3 is 4.57 Å². The monoisotopic (exact) mass is 228 g/mol. The first-order valence-electron chi connectivity index (χ1n) is 5.83. The molecule has 0 saturated heterocycles. The molecule has 0 unspecified atom stereocenters. The smallest absolute Gasteiger partial charge is 0.150 e. The van der Waals surface area contributed by atoms with Crippen LogP contribution in [0.15, 0.2) is 30.6 Å². The molecule has 0 N–H and O–H groups in total. The van der Waals surface area contributed by atoms with Crippen molar-refractivity contribution in [3.05, 3.63) is 41.7 Å². The number of carbonyl (C=O) groups is 1. The fraction of sp³-hybridized carbons (Fsp3) is 0.286. The van der Waals surface area contributed by atoms with Crippen molar-refractivity contribution in [2.24, 2.45) is 0 Å². The van der Waals surface area contributed by atoms with Gasteiger partial charge in [0.2, 0.25) is 0 Å². The summed E-state index contributed by atoms with van der Waals surface area (Å²) in [6.45, 7) is 5.11. The van der Waals surface area contributed by atoms with Crippen LogP contribution in [-0.4, -0.2) is 15.8 Å². The molecular weight excluding hydrogens is 212 g/mol. The van der Waals surface area contributed by atoms with Crippen molar-refractivity contribution in [3.63, 3.8) is 0 Å². The van der Waals surface area contributed by atoms with E-state index in [9.17, 15) is 4.79 Å². The average molecular weight is 228 g/mol. The predicted octanol–water partition coefficient (Wildman–Crippen LogP) is 3.08. The van der Waals surface area contributed by atoms with Crippen LogP contribution in [0.4, 0.5) is 0 Å². The first-order chi connectivity index (χ1) is 8.26. The second-order valence-electron chi connectivity index (χ2n) is 4.14. The number of rotatable bonds is 4. The van der Waals surface area contributed by atoms with Gasteiger partial charge in [-0.05, 0) is 25.0 Å². The van der Waals surface area contributed by atoms with Gasteiger partial charge in [-0.25, -0.2) is 4.98 Å². The normalized spacial score (nSPS) is 10.5. The first-order valence-corrected chi connectivity index (χ1v) is 5.83. The van der Waals surface area contributed by atoms with Crippen LogP contribution in [0, 0.1) is 6.92 Å². The molecule has 0 fully saturated rings. The minimum atomic E-state index is 0.708. The molecule has 88 valence electrons. The summed E-state index contributed by atoms with van der Waals surface area (Å²) >= 11 is 0. The highest BCUT2D eigenvalue weighted by Crippen LogP contribution is 2.22. The Morgan fingerprint density at radius 1 is 1.41 bits per heavy atom. The topological polar surface area (TPSA) is 34.9 Å². The van der Waals surface area contributed by atoms with Gasteiger partial charge >= 0.3 is 0 Å². The number of aldehydes is 1. The molecule has 0 atom stereocenters. The number of benzene rings is 1. The van der Waals surface area contributed by atoms with Gasteiger partial charge in [-0.3, -0.25) is 4.79 Å². The lowest BCUT2D eigenvalue weighted by Gasteiger charge is -2.09. The summed E-state index contributed by atoms with van der Waals surface area (Å²) in [7, 11) is 0. The number of aromatic nitrogens is 2. The summed E-state index contributed by atoms with van der Waals surface area (Å²) in [5.74, 6) is 0.974. The van der Waals surface area contributed by atoms with Crippen LogP contribution >= 0.6 is 0 Å². The van der Waals surface area contributed by atoms with Crippen molar-refractivity contribution in [1.82, 2.24) is 9.55 Å². The zero-order valence-electron chi connectivity index (χ0n) is 10.2. The summed E-state index contributed by atoms with van der Waals surface area (Å²) in [4.78, 5) is 15.1. The van der Waals surface area contributed by atoms with Crippen LogP contribution in [0.2, 0.25) is 0 Å². The van der Waals surface area contributed by atoms with Gasteiger partial charge in [0.15, 0.2) is 0 Å². The number of hydrogen-bond acceptors (Lipinski definition) is 2. The molecule has 3 heteroatoms. The van der Waals surface area contributed by atoms with Crippen molar-refractivity contribution in [2.45, 2.75) is 26.8 Å². The van der Waals surface area contributed by atoms with E-state index >= 15 is 0 Å². The number of aryl methyl sites for hydroxylation is 2. The number of nitrogens with zero attached hydrogens (tertiary/aromatic N) is 2. The molecule has 0 bridgehead atoms. The van der Waals surface area contributed by atoms with Gasteiger partial charge in [-0.1, -0.05) is 19.1 Å².